The Morgan fingerprint density at radius 3 is 2.39 bits per heavy atom. The molecule has 8 nitrogen and oxygen atoms in total. The number of carbonyl (C=O) groups is 1. The van der Waals surface area contributed by atoms with Gasteiger partial charge in [0, 0.05) is 13.1 Å². The van der Waals surface area contributed by atoms with Crippen LogP contribution in [0.1, 0.15) is 23.6 Å². The molecule has 1 aromatic heterocycles. The lowest BCUT2D eigenvalue weighted by Gasteiger charge is -2.34. The summed E-state index contributed by atoms with van der Waals surface area (Å²) < 4.78 is 0. The van der Waals surface area contributed by atoms with Gasteiger partial charge in [0.1, 0.15) is 23.1 Å². The Morgan fingerprint density at radius 1 is 1.30 bits per heavy atom. The highest BCUT2D eigenvalue weighted by Gasteiger charge is 2.25. The maximum Gasteiger partial charge on any atom is 0.423 e. The molecule has 1 saturated heterocycles. The van der Waals surface area contributed by atoms with Crippen LogP contribution in [0, 0.1) is 22.7 Å². The number of hydroxylamine groups is 2. The Kier molecular flexibility index (Phi) is 5.22. The molecule has 1 amide bonds. The molecule has 0 aromatic carbocycles. The van der Waals surface area contributed by atoms with Crippen LogP contribution in [0.3, 0.4) is 0 Å². The van der Waals surface area contributed by atoms with Gasteiger partial charge in [-0.15, -0.1) is 5.06 Å². The van der Waals surface area contributed by atoms with Gasteiger partial charge in [-0.25, -0.2) is 9.78 Å². The lowest BCUT2D eigenvalue weighted by Crippen LogP contribution is -2.48. The van der Waals surface area contributed by atoms with Gasteiger partial charge in [-0.1, -0.05) is 18.5 Å². The van der Waals surface area contributed by atoms with Crippen LogP contribution in [-0.2, 0) is 11.3 Å². The number of nitrogens with zero attached hydrogens (tertiary/aromatic N) is 5. The molecule has 0 aliphatic carbocycles. The predicted octanol–water partition coefficient (Wildman–Crippen LogP) is 1.17. The van der Waals surface area contributed by atoms with Gasteiger partial charge in [-0.3, -0.25) is 0 Å². The van der Waals surface area contributed by atoms with Crippen molar-refractivity contribution in [3.05, 3.63) is 21.8 Å². The molecule has 1 aromatic rings. The zero-order chi connectivity index (χ0) is 17.0. The molecule has 0 unspecified atom stereocenters. The van der Waals surface area contributed by atoms with Gasteiger partial charge < -0.3 is 15.5 Å². The zero-order valence-electron chi connectivity index (χ0n) is 12.5. The van der Waals surface area contributed by atoms with Crippen molar-refractivity contribution in [1.82, 2.24) is 10.0 Å². The molecule has 9 heteroatoms. The number of primary amides is 1. The second kappa shape index (κ2) is 7.14. The van der Waals surface area contributed by atoms with Crippen molar-refractivity contribution >= 4 is 23.5 Å². The van der Waals surface area contributed by atoms with Gasteiger partial charge in [-0.05, 0) is 12.0 Å². The number of nitriles is 2. The maximum absolute atomic E-state index is 10.8. The van der Waals surface area contributed by atoms with E-state index < -0.39 is 6.09 Å². The van der Waals surface area contributed by atoms with E-state index in [9.17, 15) is 15.3 Å². The first-order valence-corrected chi connectivity index (χ1v) is 7.39. The van der Waals surface area contributed by atoms with E-state index in [-0.39, 0.29) is 10.7 Å². The van der Waals surface area contributed by atoms with Crippen LogP contribution < -0.4 is 10.6 Å². The maximum atomic E-state index is 10.8. The van der Waals surface area contributed by atoms with Crippen molar-refractivity contribution < 1.29 is 9.63 Å². The summed E-state index contributed by atoms with van der Waals surface area (Å²) >= 11 is 6.09. The third kappa shape index (κ3) is 3.45. The number of halogens is 1. The number of hydrogen-bond donors (Lipinski definition) is 1. The van der Waals surface area contributed by atoms with Crippen molar-refractivity contribution in [2.24, 2.45) is 5.73 Å². The third-order valence-electron chi connectivity index (χ3n) is 3.57. The van der Waals surface area contributed by atoms with E-state index in [2.05, 4.69) is 11.1 Å². The van der Waals surface area contributed by atoms with Gasteiger partial charge in [0.15, 0.2) is 0 Å². The number of piperazine rings is 1. The van der Waals surface area contributed by atoms with Crippen LogP contribution in [0.5, 0.6) is 0 Å². The minimum atomic E-state index is -0.857. The summed E-state index contributed by atoms with van der Waals surface area (Å²) in [7, 11) is 0. The number of anilines is 1. The van der Waals surface area contributed by atoms with Crippen LogP contribution in [0.25, 0.3) is 0 Å². The molecule has 120 valence electrons. The molecule has 2 heterocycles. The Bertz CT molecular complexity index is 701. The Labute approximate surface area is 138 Å². The normalized spacial score (nSPS) is 14.9. The first kappa shape index (κ1) is 16.8. The van der Waals surface area contributed by atoms with E-state index in [1.54, 1.807) is 0 Å². The number of pyridine rings is 1. The Hall–Kier alpha value is -2.55. The van der Waals surface area contributed by atoms with E-state index in [1.165, 1.54) is 5.06 Å². The van der Waals surface area contributed by atoms with E-state index in [0.717, 1.165) is 0 Å². The van der Waals surface area contributed by atoms with Crippen LogP contribution in [0.2, 0.25) is 5.15 Å². The fourth-order valence-corrected chi connectivity index (χ4v) is 2.76. The molecule has 2 N–H and O–H groups in total. The summed E-state index contributed by atoms with van der Waals surface area (Å²) in [6.45, 7) is 3.68. The Morgan fingerprint density at radius 2 is 1.91 bits per heavy atom. The first-order valence-electron chi connectivity index (χ1n) is 7.01. The first-order chi connectivity index (χ1) is 11.0. The summed E-state index contributed by atoms with van der Waals surface area (Å²) in [5.74, 6) is 0.451. The fourth-order valence-electron chi connectivity index (χ4n) is 2.52. The quantitative estimate of drug-likeness (QED) is 0.824. The van der Waals surface area contributed by atoms with Crippen LogP contribution in [0.4, 0.5) is 10.6 Å². The molecule has 0 saturated carbocycles. The molecule has 1 aliphatic heterocycles. The second-order valence-corrected chi connectivity index (χ2v) is 5.22. The summed E-state index contributed by atoms with van der Waals surface area (Å²) in [5, 5.41) is 20.2. The number of rotatable bonds is 3. The lowest BCUT2D eigenvalue weighted by atomic mass is 10.0. The van der Waals surface area contributed by atoms with Crippen LogP contribution in [-0.4, -0.2) is 42.3 Å². The minimum Gasteiger partial charge on any atom is -0.353 e. The molecule has 0 atom stereocenters. The number of hydrogen-bond acceptors (Lipinski definition) is 7. The average molecular weight is 335 g/mol. The van der Waals surface area contributed by atoms with Crippen LogP contribution in [0.15, 0.2) is 0 Å². The van der Waals surface area contributed by atoms with Gasteiger partial charge in [-0.2, -0.15) is 10.5 Å². The zero-order valence-corrected chi connectivity index (χ0v) is 13.3. The smallest absolute Gasteiger partial charge is 0.353 e. The molecule has 0 spiro atoms. The van der Waals surface area contributed by atoms with Gasteiger partial charge >= 0.3 is 6.09 Å². The summed E-state index contributed by atoms with van der Waals surface area (Å²) in [6.07, 6.45) is -0.352. The van der Waals surface area contributed by atoms with Crippen molar-refractivity contribution in [3.63, 3.8) is 0 Å². The molecule has 0 bridgehead atoms. The Balaban J connectivity index is 2.31. The SMILES string of the molecule is CCc1c(C#N)c(Cl)nc(N2CCN(OC(N)=O)CC2)c1C#N. The van der Waals surface area contributed by atoms with Crippen molar-refractivity contribution in [2.45, 2.75) is 13.3 Å². The summed E-state index contributed by atoms with van der Waals surface area (Å²) in [4.78, 5) is 21.7. The minimum absolute atomic E-state index is 0.0918. The predicted molar refractivity (Wildman–Crippen MR) is 82.5 cm³/mol. The van der Waals surface area contributed by atoms with Gasteiger partial charge in [0.2, 0.25) is 0 Å². The van der Waals surface area contributed by atoms with E-state index in [1.807, 2.05) is 17.9 Å². The topological polar surface area (TPSA) is 119 Å². The second-order valence-electron chi connectivity index (χ2n) is 4.86. The highest BCUT2D eigenvalue weighted by Crippen LogP contribution is 2.29. The molecular formula is C14H15ClN6O2. The van der Waals surface area contributed by atoms with E-state index in [0.29, 0.717) is 49.5 Å². The number of nitrogens with two attached hydrogens (primary N) is 1. The molecule has 1 fully saturated rings. The molecule has 23 heavy (non-hydrogen) atoms. The summed E-state index contributed by atoms with van der Waals surface area (Å²) in [6, 6.07) is 4.13. The number of carbonyl (C=O) groups excluding carboxylic acids is 1. The molecule has 2 rings (SSSR count). The third-order valence-corrected chi connectivity index (χ3v) is 3.85. The molecular weight excluding hydrogens is 320 g/mol. The lowest BCUT2D eigenvalue weighted by molar-refractivity contribution is -0.0987. The van der Waals surface area contributed by atoms with Crippen molar-refractivity contribution in [3.8, 4) is 12.1 Å². The van der Waals surface area contributed by atoms with Crippen molar-refractivity contribution in [1.29, 1.82) is 10.5 Å². The largest absolute Gasteiger partial charge is 0.423 e. The fraction of sp³-hybridized carbons (Fsp3) is 0.429. The monoisotopic (exact) mass is 334 g/mol. The van der Waals surface area contributed by atoms with E-state index >= 15 is 0 Å². The molecule has 1 aliphatic rings. The molecule has 0 radical (unpaired) electrons. The average Bonchev–Trinajstić information content (AvgIpc) is 2.53. The summed E-state index contributed by atoms with van der Waals surface area (Å²) in [5.41, 5.74) is 6.18. The highest BCUT2D eigenvalue weighted by atomic mass is 35.5. The van der Waals surface area contributed by atoms with Crippen molar-refractivity contribution in [2.75, 3.05) is 31.1 Å². The standard InChI is InChI=1S/C14H15ClN6O2/c1-2-9-10(7-16)12(15)19-13(11(9)8-17)20-3-5-21(6-4-20)23-14(18)22/h2-6H2,1H3,(H2,18,22). The van der Waals surface area contributed by atoms with Crippen LogP contribution >= 0.6 is 11.6 Å². The van der Waals surface area contributed by atoms with Gasteiger partial charge in [0.05, 0.1) is 24.2 Å². The number of aromatic nitrogens is 1. The van der Waals surface area contributed by atoms with E-state index in [4.69, 9.17) is 22.2 Å². The highest BCUT2D eigenvalue weighted by molar-refractivity contribution is 6.30. The number of amides is 1. The van der Waals surface area contributed by atoms with Gasteiger partial charge in [0.25, 0.3) is 0 Å².